The number of aromatic nitrogens is 2. The van der Waals surface area contributed by atoms with Crippen molar-refractivity contribution in [2.75, 3.05) is 7.11 Å². The molecule has 0 bridgehead atoms. The van der Waals surface area contributed by atoms with Crippen molar-refractivity contribution in [3.8, 4) is 5.75 Å². The molecule has 1 aromatic heterocycles. The summed E-state index contributed by atoms with van der Waals surface area (Å²) in [6, 6.07) is 5.78. The standard InChI is InChI=1S/C14H18ClN3O2/c1-20-10-5-6-12-11(8-10)17-14(9-15)18(12)7-3-2-4-13(16)19/h5-6,8H,2-4,7,9H2,1H3,(H2,16,19). The van der Waals surface area contributed by atoms with Gasteiger partial charge in [-0.05, 0) is 25.0 Å². The van der Waals surface area contributed by atoms with Gasteiger partial charge in [-0.2, -0.15) is 0 Å². The van der Waals surface area contributed by atoms with Crippen LogP contribution in [0, 0.1) is 0 Å². The van der Waals surface area contributed by atoms with Crippen molar-refractivity contribution in [3.05, 3.63) is 24.0 Å². The molecule has 0 aliphatic rings. The van der Waals surface area contributed by atoms with Crippen LogP contribution >= 0.6 is 11.6 Å². The number of fused-ring (bicyclic) bond motifs is 1. The number of aryl methyl sites for hydroxylation is 1. The first-order chi connectivity index (χ1) is 9.65. The first-order valence-corrected chi connectivity index (χ1v) is 7.06. The van der Waals surface area contributed by atoms with E-state index in [1.165, 1.54) is 0 Å². The van der Waals surface area contributed by atoms with Crippen molar-refractivity contribution in [1.29, 1.82) is 0 Å². The quantitative estimate of drug-likeness (QED) is 0.630. The Kier molecular flexibility index (Phi) is 4.84. The lowest BCUT2D eigenvalue weighted by molar-refractivity contribution is -0.118. The normalized spacial score (nSPS) is 10.9. The van der Waals surface area contributed by atoms with Crippen LogP contribution in [0.3, 0.4) is 0 Å². The summed E-state index contributed by atoms with van der Waals surface area (Å²) >= 11 is 5.95. The molecule has 0 fully saturated rings. The predicted octanol–water partition coefficient (Wildman–Crippen LogP) is 2.44. The van der Waals surface area contributed by atoms with Crippen LogP contribution in [0.25, 0.3) is 11.0 Å². The number of unbranched alkanes of at least 4 members (excludes halogenated alkanes) is 1. The first kappa shape index (κ1) is 14.7. The molecule has 108 valence electrons. The minimum absolute atomic E-state index is 0.261. The number of halogens is 1. The van der Waals surface area contributed by atoms with Gasteiger partial charge in [0.1, 0.15) is 11.6 Å². The van der Waals surface area contributed by atoms with Crippen LogP contribution < -0.4 is 10.5 Å². The molecule has 0 saturated heterocycles. The molecular formula is C14H18ClN3O2. The van der Waals surface area contributed by atoms with Crippen molar-refractivity contribution in [3.63, 3.8) is 0 Å². The van der Waals surface area contributed by atoms with E-state index in [9.17, 15) is 4.79 Å². The molecular weight excluding hydrogens is 278 g/mol. The number of nitrogens with two attached hydrogens (primary N) is 1. The van der Waals surface area contributed by atoms with Crippen LogP contribution in [0.2, 0.25) is 0 Å². The van der Waals surface area contributed by atoms with Gasteiger partial charge in [-0.3, -0.25) is 4.79 Å². The Morgan fingerprint density at radius 1 is 1.45 bits per heavy atom. The molecule has 0 radical (unpaired) electrons. The fraction of sp³-hybridized carbons (Fsp3) is 0.429. The summed E-state index contributed by atoms with van der Waals surface area (Å²) in [6.07, 6.45) is 2.05. The van der Waals surface area contributed by atoms with Crippen LogP contribution in [0.4, 0.5) is 0 Å². The highest BCUT2D eigenvalue weighted by Crippen LogP contribution is 2.23. The van der Waals surface area contributed by atoms with Crippen LogP contribution in [-0.2, 0) is 17.2 Å². The van der Waals surface area contributed by atoms with Gasteiger partial charge in [0.2, 0.25) is 5.91 Å². The molecule has 0 saturated carbocycles. The lowest BCUT2D eigenvalue weighted by atomic mass is 10.2. The monoisotopic (exact) mass is 295 g/mol. The average Bonchev–Trinajstić information content (AvgIpc) is 2.80. The number of rotatable bonds is 7. The van der Waals surface area contributed by atoms with Gasteiger partial charge in [-0.15, -0.1) is 11.6 Å². The Hall–Kier alpha value is -1.75. The maximum absolute atomic E-state index is 10.7. The van der Waals surface area contributed by atoms with Crippen molar-refractivity contribution >= 4 is 28.5 Å². The van der Waals surface area contributed by atoms with E-state index < -0.39 is 0 Å². The summed E-state index contributed by atoms with van der Waals surface area (Å²) in [5.74, 6) is 1.70. The molecule has 1 aromatic carbocycles. The molecule has 2 rings (SSSR count). The van der Waals surface area contributed by atoms with E-state index in [2.05, 4.69) is 9.55 Å². The molecule has 20 heavy (non-hydrogen) atoms. The number of benzene rings is 1. The molecule has 2 N–H and O–H groups in total. The Labute approximate surface area is 122 Å². The highest BCUT2D eigenvalue weighted by molar-refractivity contribution is 6.16. The molecule has 0 spiro atoms. The summed E-state index contributed by atoms with van der Waals surface area (Å²) in [5.41, 5.74) is 7.04. The van der Waals surface area contributed by atoms with E-state index in [1.54, 1.807) is 7.11 Å². The number of hydrogen-bond acceptors (Lipinski definition) is 3. The Balaban J connectivity index is 2.19. The number of methoxy groups -OCH3 is 1. The second kappa shape index (κ2) is 6.61. The van der Waals surface area contributed by atoms with E-state index in [0.29, 0.717) is 12.3 Å². The van der Waals surface area contributed by atoms with Crippen molar-refractivity contribution in [2.45, 2.75) is 31.7 Å². The van der Waals surface area contributed by atoms with Gasteiger partial charge in [0.15, 0.2) is 0 Å². The Bertz CT molecular complexity index is 610. The lowest BCUT2D eigenvalue weighted by Gasteiger charge is -2.07. The molecule has 6 heteroatoms. The van der Waals surface area contributed by atoms with Gasteiger partial charge < -0.3 is 15.0 Å². The fourth-order valence-corrected chi connectivity index (χ4v) is 2.41. The zero-order valence-electron chi connectivity index (χ0n) is 11.4. The zero-order chi connectivity index (χ0) is 14.5. The molecule has 0 unspecified atom stereocenters. The number of carbonyl (C=O) groups excluding carboxylic acids is 1. The SMILES string of the molecule is COc1ccc2c(c1)nc(CCl)n2CCCCC(N)=O. The maximum atomic E-state index is 10.7. The van der Waals surface area contributed by atoms with Gasteiger partial charge in [-0.25, -0.2) is 4.98 Å². The molecule has 1 heterocycles. The van der Waals surface area contributed by atoms with E-state index in [0.717, 1.165) is 42.0 Å². The minimum Gasteiger partial charge on any atom is -0.497 e. The number of primary amides is 1. The fourth-order valence-electron chi connectivity index (χ4n) is 2.21. The third kappa shape index (κ3) is 3.22. The van der Waals surface area contributed by atoms with Crippen LogP contribution in [0.5, 0.6) is 5.75 Å². The topological polar surface area (TPSA) is 70.1 Å². The second-order valence-corrected chi connectivity index (χ2v) is 4.86. The Morgan fingerprint density at radius 2 is 2.25 bits per heavy atom. The highest BCUT2D eigenvalue weighted by Gasteiger charge is 2.10. The number of nitrogens with zero attached hydrogens (tertiary/aromatic N) is 2. The van der Waals surface area contributed by atoms with E-state index in [1.807, 2.05) is 18.2 Å². The van der Waals surface area contributed by atoms with E-state index >= 15 is 0 Å². The molecule has 1 amide bonds. The lowest BCUT2D eigenvalue weighted by Crippen LogP contribution is -2.10. The summed E-state index contributed by atoms with van der Waals surface area (Å²) in [6.45, 7) is 0.776. The van der Waals surface area contributed by atoms with Crippen LogP contribution in [-0.4, -0.2) is 22.6 Å². The predicted molar refractivity (Wildman–Crippen MR) is 78.9 cm³/mol. The number of carbonyl (C=O) groups is 1. The number of alkyl halides is 1. The van der Waals surface area contributed by atoms with Crippen LogP contribution in [0.1, 0.15) is 25.1 Å². The molecule has 5 nitrogen and oxygen atoms in total. The second-order valence-electron chi connectivity index (χ2n) is 4.59. The average molecular weight is 296 g/mol. The smallest absolute Gasteiger partial charge is 0.217 e. The van der Waals surface area contributed by atoms with E-state index in [-0.39, 0.29) is 5.91 Å². The number of ether oxygens (including phenoxy) is 1. The third-order valence-corrected chi connectivity index (χ3v) is 3.45. The van der Waals surface area contributed by atoms with Crippen molar-refractivity contribution in [1.82, 2.24) is 9.55 Å². The maximum Gasteiger partial charge on any atom is 0.217 e. The largest absolute Gasteiger partial charge is 0.497 e. The highest BCUT2D eigenvalue weighted by atomic mass is 35.5. The summed E-state index contributed by atoms with van der Waals surface area (Å²) in [4.78, 5) is 15.2. The van der Waals surface area contributed by atoms with Gasteiger partial charge in [-0.1, -0.05) is 0 Å². The molecule has 0 atom stereocenters. The van der Waals surface area contributed by atoms with E-state index in [4.69, 9.17) is 22.1 Å². The molecule has 0 aliphatic heterocycles. The number of imidazole rings is 1. The van der Waals surface area contributed by atoms with Crippen LogP contribution in [0.15, 0.2) is 18.2 Å². The van der Waals surface area contributed by atoms with Gasteiger partial charge in [0.05, 0.1) is 24.0 Å². The van der Waals surface area contributed by atoms with Crippen molar-refractivity contribution < 1.29 is 9.53 Å². The van der Waals surface area contributed by atoms with Crippen molar-refractivity contribution in [2.24, 2.45) is 5.73 Å². The third-order valence-electron chi connectivity index (χ3n) is 3.21. The summed E-state index contributed by atoms with van der Waals surface area (Å²) in [5, 5.41) is 0. The first-order valence-electron chi connectivity index (χ1n) is 6.53. The number of amides is 1. The summed E-state index contributed by atoms with van der Waals surface area (Å²) in [7, 11) is 1.63. The summed E-state index contributed by atoms with van der Waals surface area (Å²) < 4.78 is 7.28. The molecule has 2 aromatic rings. The minimum atomic E-state index is -0.261. The zero-order valence-corrected chi connectivity index (χ0v) is 12.2. The van der Waals surface area contributed by atoms with Gasteiger partial charge >= 0.3 is 0 Å². The Morgan fingerprint density at radius 3 is 2.90 bits per heavy atom. The van der Waals surface area contributed by atoms with Gasteiger partial charge in [0, 0.05) is 19.0 Å². The van der Waals surface area contributed by atoms with Gasteiger partial charge in [0.25, 0.3) is 0 Å². The molecule has 0 aliphatic carbocycles. The number of hydrogen-bond donors (Lipinski definition) is 1.